The van der Waals surface area contributed by atoms with Crippen LogP contribution in [0.4, 0.5) is 5.69 Å². The number of rotatable bonds is 8. The molecule has 0 atom stereocenters. The van der Waals surface area contributed by atoms with E-state index in [2.05, 4.69) is 40.1 Å². The standard InChI is InChI=1S/C20H25N3O4S2/c1-28-20-5-3-2-4-17(20)15-22-12-10-16(11-13-22)14-21-29(26,27)19-8-6-18(7-9-19)23(24)25/h2-9,16,21H,10-15H2,1H3. The van der Waals surface area contributed by atoms with Crippen LogP contribution in [0, 0.1) is 16.0 Å². The van der Waals surface area contributed by atoms with Gasteiger partial charge in [-0.25, -0.2) is 13.1 Å². The first-order valence-electron chi connectivity index (χ1n) is 9.47. The van der Waals surface area contributed by atoms with E-state index in [1.165, 1.54) is 34.7 Å². The summed E-state index contributed by atoms with van der Waals surface area (Å²) in [6.07, 6.45) is 3.95. The molecule has 29 heavy (non-hydrogen) atoms. The molecule has 1 fully saturated rings. The average Bonchev–Trinajstić information content (AvgIpc) is 2.74. The van der Waals surface area contributed by atoms with Gasteiger partial charge in [-0.2, -0.15) is 0 Å². The molecule has 2 aromatic carbocycles. The highest BCUT2D eigenvalue weighted by Crippen LogP contribution is 2.24. The zero-order chi connectivity index (χ0) is 20.9. The Morgan fingerprint density at radius 1 is 1.14 bits per heavy atom. The van der Waals surface area contributed by atoms with Crippen molar-refractivity contribution in [1.82, 2.24) is 9.62 Å². The highest BCUT2D eigenvalue weighted by molar-refractivity contribution is 7.98. The maximum absolute atomic E-state index is 12.4. The molecule has 0 unspecified atom stereocenters. The number of nitrogens with one attached hydrogen (secondary N) is 1. The van der Waals surface area contributed by atoms with Crippen molar-refractivity contribution in [3.8, 4) is 0 Å². The number of likely N-dealkylation sites (tertiary alicyclic amines) is 1. The highest BCUT2D eigenvalue weighted by atomic mass is 32.2. The van der Waals surface area contributed by atoms with Crippen LogP contribution in [0.5, 0.6) is 0 Å². The summed E-state index contributed by atoms with van der Waals surface area (Å²) in [5.41, 5.74) is 1.21. The molecular formula is C20H25N3O4S2. The highest BCUT2D eigenvalue weighted by Gasteiger charge is 2.23. The van der Waals surface area contributed by atoms with Gasteiger partial charge in [0, 0.05) is 30.1 Å². The second-order valence-corrected chi connectivity index (χ2v) is 9.75. The second-order valence-electron chi connectivity index (χ2n) is 7.13. The third-order valence-electron chi connectivity index (χ3n) is 5.21. The third kappa shape index (κ3) is 5.79. The average molecular weight is 436 g/mol. The molecule has 0 amide bonds. The predicted octanol–water partition coefficient (Wildman–Crippen LogP) is 3.51. The summed E-state index contributed by atoms with van der Waals surface area (Å²) < 4.78 is 27.5. The Kier molecular flexibility index (Phi) is 7.28. The van der Waals surface area contributed by atoms with Gasteiger partial charge in [0.15, 0.2) is 0 Å². The summed E-state index contributed by atoms with van der Waals surface area (Å²) in [5.74, 6) is 0.287. The Hall–Kier alpha value is -1.94. The molecule has 0 bridgehead atoms. The summed E-state index contributed by atoms with van der Waals surface area (Å²) in [6.45, 7) is 3.17. The fourth-order valence-electron chi connectivity index (χ4n) is 3.48. The van der Waals surface area contributed by atoms with E-state index in [1.54, 1.807) is 11.8 Å². The van der Waals surface area contributed by atoms with Gasteiger partial charge < -0.3 is 0 Å². The fourth-order valence-corrected chi connectivity index (χ4v) is 5.21. The molecule has 1 aliphatic rings. The Morgan fingerprint density at radius 3 is 2.41 bits per heavy atom. The number of nitrogens with zero attached hydrogens (tertiary/aromatic N) is 2. The largest absolute Gasteiger partial charge is 0.299 e. The minimum atomic E-state index is -3.66. The summed E-state index contributed by atoms with van der Waals surface area (Å²) in [4.78, 5) is 13.9. The van der Waals surface area contributed by atoms with Crippen molar-refractivity contribution < 1.29 is 13.3 Å². The summed E-state index contributed by atoms with van der Waals surface area (Å²) in [5, 5.41) is 10.7. The van der Waals surface area contributed by atoms with Gasteiger partial charge in [-0.15, -0.1) is 11.8 Å². The SMILES string of the molecule is CSc1ccccc1CN1CCC(CNS(=O)(=O)c2ccc([N+](=O)[O-])cc2)CC1. The van der Waals surface area contributed by atoms with E-state index in [0.29, 0.717) is 6.54 Å². The second kappa shape index (κ2) is 9.71. The Balaban J connectivity index is 1.49. The first kappa shape index (κ1) is 21.8. The lowest BCUT2D eigenvalue weighted by Gasteiger charge is -2.32. The fraction of sp³-hybridized carbons (Fsp3) is 0.400. The molecule has 1 N–H and O–H groups in total. The molecule has 0 saturated carbocycles. The quantitative estimate of drug-likeness (QED) is 0.388. The molecule has 1 aliphatic heterocycles. The van der Waals surface area contributed by atoms with E-state index in [4.69, 9.17) is 0 Å². The lowest BCUT2D eigenvalue weighted by Crippen LogP contribution is -2.38. The Bertz CT molecular complexity index is 940. The first-order valence-corrected chi connectivity index (χ1v) is 12.2. The van der Waals surface area contributed by atoms with E-state index in [0.717, 1.165) is 32.5 Å². The van der Waals surface area contributed by atoms with Crippen molar-refractivity contribution in [3.05, 3.63) is 64.2 Å². The van der Waals surface area contributed by atoms with Crippen LogP contribution in [0.25, 0.3) is 0 Å². The summed E-state index contributed by atoms with van der Waals surface area (Å²) in [6, 6.07) is 13.4. The number of nitro groups is 1. The van der Waals surface area contributed by atoms with Crippen LogP contribution in [0.2, 0.25) is 0 Å². The van der Waals surface area contributed by atoms with Crippen LogP contribution in [-0.4, -0.2) is 44.1 Å². The minimum Gasteiger partial charge on any atom is -0.299 e. The summed E-state index contributed by atoms with van der Waals surface area (Å²) >= 11 is 1.76. The number of piperidine rings is 1. The Morgan fingerprint density at radius 2 is 1.79 bits per heavy atom. The maximum atomic E-state index is 12.4. The molecule has 0 radical (unpaired) electrons. The smallest absolute Gasteiger partial charge is 0.269 e. The van der Waals surface area contributed by atoms with Crippen molar-refractivity contribution in [3.63, 3.8) is 0 Å². The predicted molar refractivity (Wildman–Crippen MR) is 115 cm³/mol. The van der Waals surface area contributed by atoms with Gasteiger partial charge in [-0.3, -0.25) is 15.0 Å². The van der Waals surface area contributed by atoms with Crippen LogP contribution in [0.15, 0.2) is 58.3 Å². The molecule has 0 aromatic heterocycles. The molecule has 0 spiro atoms. The molecule has 9 heteroatoms. The van der Waals surface area contributed by atoms with Gasteiger partial charge in [0.05, 0.1) is 9.82 Å². The zero-order valence-corrected chi connectivity index (χ0v) is 17.9. The first-order chi connectivity index (χ1) is 13.9. The number of nitro benzene ring substituents is 1. The van der Waals surface area contributed by atoms with Crippen LogP contribution in [0.3, 0.4) is 0 Å². The van der Waals surface area contributed by atoms with Crippen LogP contribution in [0.1, 0.15) is 18.4 Å². The molecule has 156 valence electrons. The van der Waals surface area contributed by atoms with Gasteiger partial charge in [-0.1, -0.05) is 18.2 Å². The molecule has 3 rings (SSSR count). The van der Waals surface area contributed by atoms with Gasteiger partial charge in [0.1, 0.15) is 0 Å². The van der Waals surface area contributed by atoms with Crippen molar-refractivity contribution in [2.24, 2.45) is 5.92 Å². The number of hydrogen-bond acceptors (Lipinski definition) is 6. The molecule has 1 heterocycles. The van der Waals surface area contributed by atoms with Crippen molar-refractivity contribution in [2.45, 2.75) is 29.2 Å². The topological polar surface area (TPSA) is 92.6 Å². The molecule has 2 aromatic rings. The van der Waals surface area contributed by atoms with E-state index < -0.39 is 14.9 Å². The number of non-ortho nitro benzene ring substituents is 1. The maximum Gasteiger partial charge on any atom is 0.269 e. The van der Waals surface area contributed by atoms with Gasteiger partial charge in [0.25, 0.3) is 5.69 Å². The number of benzene rings is 2. The monoisotopic (exact) mass is 435 g/mol. The van der Waals surface area contributed by atoms with Crippen molar-refractivity contribution in [1.29, 1.82) is 0 Å². The molecular weight excluding hydrogens is 410 g/mol. The molecule has 0 aliphatic carbocycles. The van der Waals surface area contributed by atoms with Gasteiger partial charge in [0.2, 0.25) is 10.0 Å². The van der Waals surface area contributed by atoms with Crippen LogP contribution >= 0.6 is 11.8 Å². The third-order valence-corrected chi connectivity index (χ3v) is 7.49. The number of sulfonamides is 1. The molecule has 7 nitrogen and oxygen atoms in total. The zero-order valence-electron chi connectivity index (χ0n) is 16.3. The van der Waals surface area contributed by atoms with E-state index in [1.807, 2.05) is 0 Å². The summed E-state index contributed by atoms with van der Waals surface area (Å²) in [7, 11) is -3.66. The lowest BCUT2D eigenvalue weighted by molar-refractivity contribution is -0.384. The molecule has 1 saturated heterocycles. The Labute approximate surface area is 175 Å². The lowest BCUT2D eigenvalue weighted by atomic mass is 9.97. The van der Waals surface area contributed by atoms with E-state index in [-0.39, 0.29) is 16.5 Å². The van der Waals surface area contributed by atoms with E-state index >= 15 is 0 Å². The normalized spacial score (nSPS) is 16.0. The minimum absolute atomic E-state index is 0.0502. The number of hydrogen-bond donors (Lipinski definition) is 1. The van der Waals surface area contributed by atoms with Gasteiger partial charge in [-0.05, 0) is 61.9 Å². The van der Waals surface area contributed by atoms with Crippen LogP contribution < -0.4 is 4.72 Å². The number of thioether (sulfide) groups is 1. The van der Waals surface area contributed by atoms with E-state index in [9.17, 15) is 18.5 Å². The van der Waals surface area contributed by atoms with Crippen molar-refractivity contribution >= 4 is 27.5 Å². The van der Waals surface area contributed by atoms with Crippen LogP contribution in [-0.2, 0) is 16.6 Å². The van der Waals surface area contributed by atoms with Crippen molar-refractivity contribution in [2.75, 3.05) is 25.9 Å². The van der Waals surface area contributed by atoms with Gasteiger partial charge >= 0.3 is 0 Å².